The molecule has 1 aromatic carbocycles. The van der Waals surface area contributed by atoms with E-state index in [1.165, 1.54) is 3.11 Å². The van der Waals surface area contributed by atoms with Crippen LogP contribution in [0.4, 0.5) is 16.3 Å². The Labute approximate surface area is 218 Å². The van der Waals surface area contributed by atoms with Crippen LogP contribution in [0.15, 0.2) is 24.3 Å². The third-order valence-corrected chi connectivity index (χ3v) is 7.12. The molecule has 0 bridgehead atoms. The zero-order chi connectivity index (χ0) is 24.9. The lowest BCUT2D eigenvalue weighted by Gasteiger charge is -2.37. The summed E-state index contributed by atoms with van der Waals surface area (Å²) in [6, 6.07) is 9.45. The summed E-state index contributed by atoms with van der Waals surface area (Å²) in [6.45, 7) is 7.43. The number of aromatic nitrogens is 2. The molecule has 1 unspecified atom stereocenters. The predicted octanol–water partition coefficient (Wildman–Crippen LogP) is 3.05. The van der Waals surface area contributed by atoms with Crippen molar-refractivity contribution in [2.24, 2.45) is 0 Å². The van der Waals surface area contributed by atoms with E-state index in [-0.39, 0.29) is 24.4 Å². The molecule has 1 N–H and O–H groups in total. The minimum atomic E-state index is -0.184. The number of benzene rings is 1. The minimum Gasteiger partial charge on any atom is -0.377 e. The Balaban J connectivity index is 1.70. The lowest BCUT2D eigenvalue weighted by atomic mass is 10.0. The number of nitrogens with zero attached hydrogens (tertiary/aromatic N) is 6. The van der Waals surface area contributed by atoms with Crippen LogP contribution in [0.5, 0.6) is 0 Å². The Bertz CT molecular complexity index is 1140. The third-order valence-electron chi connectivity index (χ3n) is 6.12. The smallest absolute Gasteiger partial charge is 0.330 e. The molecular formula is C24H28IN7O3. The van der Waals surface area contributed by atoms with Crippen LogP contribution in [0.25, 0.3) is 11.4 Å². The fraction of sp³-hybridized carbons (Fsp3) is 0.458. The van der Waals surface area contributed by atoms with Gasteiger partial charge in [-0.05, 0) is 44.5 Å². The number of morpholine rings is 1. The van der Waals surface area contributed by atoms with Gasteiger partial charge in [-0.15, -0.1) is 0 Å². The van der Waals surface area contributed by atoms with Crippen LogP contribution in [0.3, 0.4) is 0 Å². The molecule has 1 fully saturated rings. The van der Waals surface area contributed by atoms with Crippen molar-refractivity contribution in [3.63, 3.8) is 0 Å². The zero-order valence-corrected chi connectivity index (χ0v) is 22.0. The summed E-state index contributed by atoms with van der Waals surface area (Å²) in [6.07, 6.45) is 0.502. The topological polar surface area (TPSA) is 115 Å². The Morgan fingerprint density at radius 3 is 2.74 bits per heavy atom. The van der Waals surface area contributed by atoms with Gasteiger partial charge >= 0.3 is 6.03 Å². The second kappa shape index (κ2) is 11.2. The summed E-state index contributed by atoms with van der Waals surface area (Å²) in [5, 5.41) is 11.7. The summed E-state index contributed by atoms with van der Waals surface area (Å²) in [5.41, 5.74) is 3.42. The Morgan fingerprint density at radius 2 is 2.06 bits per heavy atom. The van der Waals surface area contributed by atoms with Crippen LogP contribution in [0.2, 0.25) is 0 Å². The zero-order valence-electron chi connectivity index (χ0n) is 19.8. The molecule has 0 aliphatic carbocycles. The highest BCUT2D eigenvalue weighted by Gasteiger charge is 2.30. The van der Waals surface area contributed by atoms with E-state index in [2.05, 4.69) is 17.1 Å². The lowest BCUT2D eigenvalue weighted by Crippen LogP contribution is -2.45. The van der Waals surface area contributed by atoms with Crippen LogP contribution >= 0.6 is 22.9 Å². The second-order valence-corrected chi connectivity index (χ2v) is 9.44. The van der Waals surface area contributed by atoms with E-state index in [0.717, 1.165) is 34.9 Å². The van der Waals surface area contributed by atoms with Gasteiger partial charge in [-0.3, -0.25) is 4.79 Å². The average molecular weight is 589 g/mol. The lowest BCUT2D eigenvalue weighted by molar-refractivity contribution is -0.131. The number of rotatable bonds is 5. The van der Waals surface area contributed by atoms with E-state index in [1.807, 2.05) is 60.1 Å². The Kier molecular flexibility index (Phi) is 8.02. The van der Waals surface area contributed by atoms with Gasteiger partial charge in [0.2, 0.25) is 5.91 Å². The molecule has 1 atom stereocenters. The highest BCUT2D eigenvalue weighted by Crippen LogP contribution is 2.32. The SMILES string of the molecule is CCNC(=O)N(I)c1ccc(-c2nc3c(c(N4CCOCC4C)n2)CCN(C(=O)CC#N)C3)cc1. The number of hydrogen-bond donors (Lipinski definition) is 1. The molecule has 0 spiro atoms. The van der Waals surface area contributed by atoms with Crippen molar-refractivity contribution >= 4 is 46.3 Å². The molecule has 35 heavy (non-hydrogen) atoms. The molecule has 3 heterocycles. The predicted molar refractivity (Wildman–Crippen MR) is 140 cm³/mol. The van der Waals surface area contributed by atoms with E-state index in [9.17, 15) is 9.59 Å². The van der Waals surface area contributed by atoms with Gasteiger partial charge in [0.25, 0.3) is 0 Å². The first-order chi connectivity index (χ1) is 16.9. The Morgan fingerprint density at radius 1 is 1.29 bits per heavy atom. The van der Waals surface area contributed by atoms with E-state index in [1.54, 1.807) is 4.90 Å². The van der Waals surface area contributed by atoms with E-state index < -0.39 is 0 Å². The standard InChI is InChI=1S/C24H28IN7O3/c1-3-27-24(34)32(25)18-6-4-17(5-7-18)22-28-20-14-30(21(33)8-10-26)11-9-19(20)23(29-22)31-12-13-35-15-16(31)2/h4-7,16H,3,8-9,11-15H2,1-2H3,(H,27,34). The van der Waals surface area contributed by atoms with E-state index in [4.69, 9.17) is 20.0 Å². The molecule has 0 radical (unpaired) electrons. The molecule has 184 valence electrons. The number of carbonyl (C=O) groups is 2. The molecular weight excluding hydrogens is 561 g/mol. The van der Waals surface area contributed by atoms with Gasteiger partial charge < -0.3 is 19.9 Å². The maximum Gasteiger partial charge on any atom is 0.330 e. The van der Waals surface area contributed by atoms with Crippen molar-refractivity contribution in [2.45, 2.75) is 39.3 Å². The monoisotopic (exact) mass is 589 g/mol. The van der Waals surface area contributed by atoms with Crippen LogP contribution < -0.4 is 13.3 Å². The molecule has 0 saturated carbocycles. The van der Waals surface area contributed by atoms with Gasteiger partial charge in [-0.1, -0.05) is 0 Å². The molecule has 2 aromatic rings. The highest BCUT2D eigenvalue weighted by atomic mass is 127. The first-order valence-corrected chi connectivity index (χ1v) is 12.6. The summed E-state index contributed by atoms with van der Waals surface area (Å²) in [7, 11) is 0. The van der Waals surface area contributed by atoms with Gasteiger partial charge in [-0.2, -0.15) is 5.26 Å². The van der Waals surface area contributed by atoms with Crippen molar-refractivity contribution < 1.29 is 14.3 Å². The summed E-state index contributed by atoms with van der Waals surface area (Å²) < 4.78 is 7.16. The van der Waals surface area contributed by atoms with Crippen LogP contribution in [-0.4, -0.2) is 65.7 Å². The average Bonchev–Trinajstić information content (AvgIpc) is 2.88. The first kappa shape index (κ1) is 25.1. The second-order valence-electron chi connectivity index (χ2n) is 8.48. The van der Waals surface area contributed by atoms with E-state index in [0.29, 0.717) is 45.1 Å². The van der Waals surface area contributed by atoms with Crippen LogP contribution in [-0.2, 0) is 22.5 Å². The Hall–Kier alpha value is -2.98. The van der Waals surface area contributed by atoms with Gasteiger partial charge in [0.1, 0.15) is 12.2 Å². The maximum atomic E-state index is 12.4. The number of anilines is 2. The maximum absolute atomic E-state index is 12.4. The number of amides is 3. The number of nitrogens with one attached hydrogen (secondary N) is 1. The van der Waals surface area contributed by atoms with Crippen molar-refractivity contribution in [3.05, 3.63) is 35.5 Å². The molecule has 11 heteroatoms. The van der Waals surface area contributed by atoms with Crippen LogP contribution in [0.1, 0.15) is 31.5 Å². The molecule has 2 aliphatic rings. The largest absolute Gasteiger partial charge is 0.377 e. The normalized spacial score (nSPS) is 17.4. The van der Waals surface area contributed by atoms with Crippen molar-refractivity contribution in [1.29, 1.82) is 5.26 Å². The summed E-state index contributed by atoms with van der Waals surface area (Å²) in [4.78, 5) is 38.3. The van der Waals surface area contributed by atoms with Crippen molar-refractivity contribution in [3.8, 4) is 17.5 Å². The number of halogens is 1. The summed E-state index contributed by atoms with van der Waals surface area (Å²) >= 11 is 1.97. The number of fused-ring (bicyclic) bond motifs is 1. The van der Waals surface area contributed by atoms with Crippen molar-refractivity contribution in [2.75, 3.05) is 40.9 Å². The number of hydrogen-bond acceptors (Lipinski definition) is 7. The molecule has 10 nitrogen and oxygen atoms in total. The van der Waals surface area contributed by atoms with Gasteiger partial charge in [0.05, 0.1) is 66.1 Å². The molecule has 1 aromatic heterocycles. The quantitative estimate of drug-likeness (QED) is 0.421. The van der Waals surface area contributed by atoms with Gasteiger partial charge in [0.15, 0.2) is 5.82 Å². The number of urea groups is 1. The fourth-order valence-electron chi connectivity index (χ4n) is 4.29. The third kappa shape index (κ3) is 5.48. The van der Waals surface area contributed by atoms with E-state index >= 15 is 0 Å². The fourth-order valence-corrected chi connectivity index (χ4v) is 4.78. The summed E-state index contributed by atoms with van der Waals surface area (Å²) in [5.74, 6) is 1.27. The van der Waals surface area contributed by atoms with Gasteiger partial charge in [-0.25, -0.2) is 17.9 Å². The van der Waals surface area contributed by atoms with Crippen molar-refractivity contribution in [1.82, 2.24) is 20.2 Å². The highest BCUT2D eigenvalue weighted by molar-refractivity contribution is 14.1. The number of nitriles is 1. The minimum absolute atomic E-state index is 0.138. The molecule has 3 amide bonds. The first-order valence-electron chi connectivity index (χ1n) is 11.7. The number of ether oxygens (including phenoxy) is 1. The van der Waals surface area contributed by atoms with Crippen LogP contribution in [0, 0.1) is 11.3 Å². The molecule has 1 saturated heterocycles. The molecule has 4 rings (SSSR count). The molecule has 2 aliphatic heterocycles. The van der Waals surface area contributed by atoms with Gasteiger partial charge in [0, 0.05) is 30.8 Å². The number of carbonyl (C=O) groups excluding carboxylic acids is 2.